The lowest BCUT2D eigenvalue weighted by atomic mass is 9.94. The van der Waals surface area contributed by atoms with Crippen LogP contribution in [0.15, 0.2) is 0 Å². The zero-order valence-corrected chi connectivity index (χ0v) is 12.6. The van der Waals surface area contributed by atoms with E-state index in [0.29, 0.717) is 12.3 Å². The fraction of sp³-hybridized carbons (Fsp3) is 1.00. The van der Waals surface area contributed by atoms with Crippen molar-refractivity contribution in [1.29, 1.82) is 0 Å². The fourth-order valence-corrected chi connectivity index (χ4v) is 5.02. The van der Waals surface area contributed by atoms with E-state index in [1.54, 1.807) is 0 Å². The van der Waals surface area contributed by atoms with Crippen LogP contribution in [0.5, 0.6) is 0 Å². The van der Waals surface area contributed by atoms with Gasteiger partial charge in [0.05, 0.1) is 22.2 Å². The monoisotopic (exact) mass is 275 g/mol. The van der Waals surface area contributed by atoms with Crippen LogP contribution >= 0.6 is 0 Å². The van der Waals surface area contributed by atoms with Gasteiger partial charge in [0, 0.05) is 12.6 Å². The van der Waals surface area contributed by atoms with Crippen molar-refractivity contribution in [2.45, 2.75) is 69.5 Å². The van der Waals surface area contributed by atoms with Crippen LogP contribution < -0.4 is 5.32 Å². The molecule has 0 radical (unpaired) electrons. The summed E-state index contributed by atoms with van der Waals surface area (Å²) in [4.78, 5) is 0. The third-order valence-electron chi connectivity index (χ3n) is 4.13. The molecule has 106 valence electrons. The standard InChI is InChI=1S/C13H25NO3S/c1-12(2)8-11(13(3,4)17-12)14-9-10-6-5-7-18(10,15)16/h10-11,14H,5-9H2,1-4H3. The second kappa shape index (κ2) is 4.46. The number of hydrogen-bond acceptors (Lipinski definition) is 4. The van der Waals surface area contributed by atoms with Gasteiger partial charge in [-0.05, 0) is 47.0 Å². The van der Waals surface area contributed by atoms with Gasteiger partial charge in [-0.25, -0.2) is 8.42 Å². The van der Waals surface area contributed by atoms with Crippen molar-refractivity contribution in [2.24, 2.45) is 0 Å². The van der Waals surface area contributed by atoms with Crippen LogP contribution in [0.25, 0.3) is 0 Å². The Labute approximate surface area is 110 Å². The zero-order chi connectivity index (χ0) is 13.6. The van der Waals surface area contributed by atoms with E-state index in [1.807, 2.05) is 0 Å². The molecule has 2 rings (SSSR count). The molecule has 2 aliphatic heterocycles. The molecular formula is C13H25NO3S. The van der Waals surface area contributed by atoms with Crippen molar-refractivity contribution in [2.75, 3.05) is 12.3 Å². The van der Waals surface area contributed by atoms with E-state index in [1.165, 1.54) is 0 Å². The molecule has 2 fully saturated rings. The van der Waals surface area contributed by atoms with Gasteiger partial charge in [-0.3, -0.25) is 0 Å². The molecule has 2 atom stereocenters. The molecule has 2 heterocycles. The van der Waals surface area contributed by atoms with Crippen molar-refractivity contribution in [3.05, 3.63) is 0 Å². The highest BCUT2D eigenvalue weighted by atomic mass is 32.2. The average molecular weight is 275 g/mol. The zero-order valence-electron chi connectivity index (χ0n) is 11.8. The summed E-state index contributed by atoms with van der Waals surface area (Å²) in [5.74, 6) is 0.357. The SMILES string of the molecule is CC1(C)CC(NCC2CCCS2(=O)=O)C(C)(C)O1. The molecule has 0 amide bonds. The van der Waals surface area contributed by atoms with Crippen molar-refractivity contribution >= 4 is 9.84 Å². The summed E-state index contributed by atoms with van der Waals surface area (Å²) in [6.45, 7) is 8.88. The molecule has 4 nitrogen and oxygen atoms in total. The molecule has 2 saturated heterocycles. The summed E-state index contributed by atoms with van der Waals surface area (Å²) in [5, 5.41) is 3.22. The highest BCUT2D eigenvalue weighted by Crippen LogP contribution is 2.37. The molecule has 5 heteroatoms. The molecule has 1 N–H and O–H groups in total. The van der Waals surface area contributed by atoms with Crippen molar-refractivity contribution in [3.63, 3.8) is 0 Å². The molecule has 0 aromatic heterocycles. The average Bonchev–Trinajstić information content (AvgIpc) is 2.59. The Morgan fingerprint density at radius 2 is 1.94 bits per heavy atom. The summed E-state index contributed by atoms with van der Waals surface area (Å²) < 4.78 is 29.6. The van der Waals surface area contributed by atoms with E-state index in [0.717, 1.165) is 19.3 Å². The van der Waals surface area contributed by atoms with Gasteiger partial charge in [0.25, 0.3) is 0 Å². The van der Waals surface area contributed by atoms with E-state index < -0.39 is 9.84 Å². The van der Waals surface area contributed by atoms with E-state index in [9.17, 15) is 8.42 Å². The van der Waals surface area contributed by atoms with Gasteiger partial charge in [0.15, 0.2) is 9.84 Å². The highest BCUT2D eigenvalue weighted by Gasteiger charge is 2.46. The van der Waals surface area contributed by atoms with Gasteiger partial charge in [-0.2, -0.15) is 0 Å². The summed E-state index contributed by atoms with van der Waals surface area (Å²) >= 11 is 0. The highest BCUT2D eigenvalue weighted by molar-refractivity contribution is 7.92. The van der Waals surface area contributed by atoms with E-state index in [-0.39, 0.29) is 22.5 Å². The third-order valence-corrected chi connectivity index (χ3v) is 6.40. The molecule has 18 heavy (non-hydrogen) atoms. The Balaban J connectivity index is 1.95. The lowest BCUT2D eigenvalue weighted by Crippen LogP contribution is -2.46. The Morgan fingerprint density at radius 1 is 1.28 bits per heavy atom. The van der Waals surface area contributed by atoms with Crippen LogP contribution in [-0.2, 0) is 14.6 Å². The van der Waals surface area contributed by atoms with Crippen LogP contribution in [0, 0.1) is 0 Å². The maximum absolute atomic E-state index is 11.8. The van der Waals surface area contributed by atoms with Crippen molar-refractivity contribution in [3.8, 4) is 0 Å². The largest absolute Gasteiger partial charge is 0.368 e. The van der Waals surface area contributed by atoms with Gasteiger partial charge in [0.1, 0.15) is 0 Å². The Bertz CT molecular complexity index is 414. The minimum Gasteiger partial charge on any atom is -0.368 e. The molecule has 0 saturated carbocycles. The number of hydrogen-bond donors (Lipinski definition) is 1. The Kier molecular flexibility index (Phi) is 3.54. The van der Waals surface area contributed by atoms with E-state index >= 15 is 0 Å². The van der Waals surface area contributed by atoms with Gasteiger partial charge < -0.3 is 10.1 Å². The van der Waals surface area contributed by atoms with Gasteiger partial charge >= 0.3 is 0 Å². The van der Waals surface area contributed by atoms with Crippen molar-refractivity contribution in [1.82, 2.24) is 5.32 Å². The first-order chi connectivity index (χ1) is 8.12. The molecular weight excluding hydrogens is 250 g/mol. The second-order valence-corrected chi connectivity index (χ2v) is 9.16. The van der Waals surface area contributed by atoms with E-state index in [4.69, 9.17) is 4.74 Å². The maximum Gasteiger partial charge on any atom is 0.154 e. The first-order valence-electron chi connectivity index (χ1n) is 6.78. The summed E-state index contributed by atoms with van der Waals surface area (Å²) in [5.41, 5.74) is -0.360. The van der Waals surface area contributed by atoms with Crippen LogP contribution in [-0.4, -0.2) is 43.2 Å². The molecule has 0 bridgehead atoms. The predicted octanol–water partition coefficient (Wildman–Crippen LogP) is 1.50. The maximum atomic E-state index is 11.8. The molecule has 2 aliphatic rings. The Hall–Kier alpha value is -0.130. The van der Waals surface area contributed by atoms with E-state index in [2.05, 4.69) is 33.0 Å². The number of rotatable bonds is 3. The quantitative estimate of drug-likeness (QED) is 0.848. The lowest BCUT2D eigenvalue weighted by molar-refractivity contribution is -0.0697. The minimum absolute atomic E-state index is 0.129. The number of nitrogens with one attached hydrogen (secondary N) is 1. The summed E-state index contributed by atoms with van der Waals surface area (Å²) in [7, 11) is -2.85. The Morgan fingerprint density at radius 3 is 2.39 bits per heavy atom. The smallest absolute Gasteiger partial charge is 0.154 e. The van der Waals surface area contributed by atoms with Crippen LogP contribution in [0.3, 0.4) is 0 Å². The molecule has 0 spiro atoms. The predicted molar refractivity (Wildman–Crippen MR) is 72.5 cm³/mol. The first-order valence-corrected chi connectivity index (χ1v) is 8.49. The minimum atomic E-state index is -2.85. The molecule has 0 aliphatic carbocycles. The molecule has 0 aromatic carbocycles. The lowest BCUT2D eigenvalue weighted by Gasteiger charge is -2.28. The summed E-state index contributed by atoms with van der Waals surface area (Å²) in [6.07, 6.45) is 2.53. The fourth-order valence-electron chi connectivity index (χ4n) is 3.24. The first kappa shape index (κ1) is 14.3. The van der Waals surface area contributed by atoms with Gasteiger partial charge in [0.2, 0.25) is 0 Å². The summed E-state index contributed by atoms with van der Waals surface area (Å²) in [6, 6.07) is 0.225. The van der Waals surface area contributed by atoms with Gasteiger partial charge in [-0.15, -0.1) is 0 Å². The number of sulfone groups is 1. The third kappa shape index (κ3) is 2.89. The topological polar surface area (TPSA) is 55.4 Å². The van der Waals surface area contributed by atoms with Crippen LogP contribution in [0.2, 0.25) is 0 Å². The number of ether oxygens (including phenoxy) is 1. The van der Waals surface area contributed by atoms with Crippen molar-refractivity contribution < 1.29 is 13.2 Å². The van der Waals surface area contributed by atoms with Gasteiger partial charge in [-0.1, -0.05) is 0 Å². The molecule has 0 aromatic rings. The van der Waals surface area contributed by atoms with Crippen LogP contribution in [0.4, 0.5) is 0 Å². The second-order valence-electron chi connectivity index (χ2n) is 6.76. The normalized spacial score (nSPS) is 36.9. The van der Waals surface area contributed by atoms with Crippen LogP contribution in [0.1, 0.15) is 47.0 Å². The molecule has 2 unspecified atom stereocenters.